The lowest BCUT2D eigenvalue weighted by Crippen LogP contribution is -1.95. The molecule has 0 N–H and O–H groups in total. The number of hydrogen-bond donors (Lipinski definition) is 0. The van der Waals surface area contributed by atoms with Gasteiger partial charge < -0.3 is 0 Å². The third-order valence-corrected chi connectivity index (χ3v) is 15.8. The van der Waals surface area contributed by atoms with Crippen molar-refractivity contribution in [3.63, 3.8) is 0 Å². The predicted octanol–water partition coefficient (Wildman–Crippen LogP) is 20.9. The second-order valence-electron chi connectivity index (χ2n) is 20.9. The summed E-state index contributed by atoms with van der Waals surface area (Å²) in [6, 6.07) is 109. The molecule has 3 aromatic heterocycles. The Hall–Kier alpha value is -11.2. The van der Waals surface area contributed by atoms with Crippen molar-refractivity contribution in [2.45, 2.75) is 0 Å². The van der Waals surface area contributed by atoms with Gasteiger partial charge in [-0.3, -0.25) is 9.97 Å². The Morgan fingerprint density at radius 2 is 0.464 bits per heavy atom. The molecular weight excluding hydrogens is 1020 g/mol. The summed E-state index contributed by atoms with van der Waals surface area (Å²) in [6.45, 7) is 0. The summed E-state index contributed by atoms with van der Waals surface area (Å²) in [5.41, 5.74) is 27.5. The molecule has 0 fully saturated rings. The van der Waals surface area contributed by atoms with Crippen molar-refractivity contribution < 1.29 is 0 Å². The van der Waals surface area contributed by atoms with Gasteiger partial charge in [-0.15, -0.1) is 0 Å². The van der Waals surface area contributed by atoms with Crippen LogP contribution in [0.25, 0.3) is 145 Å². The topological polar surface area (TPSA) is 51.6 Å². The van der Waals surface area contributed by atoms with Crippen LogP contribution in [0, 0.1) is 0 Å². The molecule has 0 unspecified atom stereocenters. The van der Waals surface area contributed by atoms with Crippen molar-refractivity contribution in [1.29, 1.82) is 0 Å². The minimum Gasteiger partial charge on any atom is -0.256 e. The average Bonchev–Trinajstić information content (AvgIpc) is 3.60. The molecule has 0 amide bonds. The van der Waals surface area contributed by atoms with Crippen molar-refractivity contribution in [1.82, 2.24) is 19.9 Å². The number of benzene rings is 11. The van der Waals surface area contributed by atoms with Gasteiger partial charge in [-0.1, -0.05) is 231 Å². The van der Waals surface area contributed by atoms with Gasteiger partial charge in [0.25, 0.3) is 0 Å². The second-order valence-corrected chi connectivity index (χ2v) is 20.9. The van der Waals surface area contributed by atoms with Crippen LogP contribution in [0.5, 0.6) is 0 Å². The van der Waals surface area contributed by atoms with Crippen LogP contribution in [-0.2, 0) is 0 Å². The van der Waals surface area contributed by atoms with E-state index >= 15 is 0 Å². The molecule has 14 rings (SSSR count). The van der Waals surface area contributed by atoms with Gasteiger partial charge in [0.05, 0.1) is 11.4 Å². The zero-order valence-corrected chi connectivity index (χ0v) is 46.0. The highest BCUT2D eigenvalue weighted by Crippen LogP contribution is 2.47. The van der Waals surface area contributed by atoms with Gasteiger partial charge in [-0.25, -0.2) is 9.97 Å². The summed E-state index contributed by atoms with van der Waals surface area (Å²) in [4.78, 5) is 18.7. The van der Waals surface area contributed by atoms with Crippen LogP contribution in [0.15, 0.2) is 328 Å². The summed E-state index contributed by atoms with van der Waals surface area (Å²) < 4.78 is 0. The van der Waals surface area contributed by atoms with E-state index in [9.17, 15) is 0 Å². The van der Waals surface area contributed by atoms with Crippen LogP contribution < -0.4 is 0 Å². The molecule has 0 atom stereocenters. The number of nitrogens with zero attached hydrogens (tertiary/aromatic N) is 4. The average molecular weight is 1070 g/mol. The largest absolute Gasteiger partial charge is 0.256 e. The summed E-state index contributed by atoms with van der Waals surface area (Å²) in [5.74, 6) is 0.698. The Morgan fingerprint density at radius 3 is 0.905 bits per heavy atom. The molecular formula is C80H54N4. The van der Waals surface area contributed by atoms with Crippen molar-refractivity contribution in [3.8, 4) is 145 Å². The van der Waals surface area contributed by atoms with E-state index in [2.05, 4.69) is 295 Å². The standard InChI is InChI=1S/C80H54N4/c1-3-20-55(21-4-1)59-24-17-26-61(48-59)76-53-63(78-34-13-15-44-81-78)40-42-74(76)72-32-11-9-30-70(72)66-50-65(69-29-8-7-28-68(69)57-36-38-58(39-37-57)80-83-46-19-47-84-80)51-67(52-66)71-31-10-12-33-73(71)75-43-41-64(79-35-14-16-45-82-79)54-77(75)62-27-18-25-60(49-62)56-22-5-2-6-23-56/h1-54H. The molecule has 0 radical (unpaired) electrons. The molecule has 0 aliphatic heterocycles. The molecule has 84 heavy (non-hydrogen) atoms. The van der Waals surface area contributed by atoms with Crippen molar-refractivity contribution in [3.05, 3.63) is 328 Å². The fourth-order valence-corrected chi connectivity index (χ4v) is 11.7. The molecule has 0 saturated heterocycles. The third-order valence-electron chi connectivity index (χ3n) is 15.8. The van der Waals surface area contributed by atoms with Gasteiger partial charge in [0.2, 0.25) is 0 Å². The maximum absolute atomic E-state index is 4.82. The highest BCUT2D eigenvalue weighted by molar-refractivity contribution is 5.99. The van der Waals surface area contributed by atoms with Gasteiger partial charge in [0.1, 0.15) is 0 Å². The van der Waals surface area contributed by atoms with E-state index in [4.69, 9.17) is 9.97 Å². The molecule has 394 valence electrons. The van der Waals surface area contributed by atoms with Gasteiger partial charge in [0, 0.05) is 41.5 Å². The van der Waals surface area contributed by atoms with Crippen LogP contribution in [0.1, 0.15) is 0 Å². The van der Waals surface area contributed by atoms with Gasteiger partial charge >= 0.3 is 0 Å². The van der Waals surface area contributed by atoms with Crippen LogP contribution >= 0.6 is 0 Å². The lowest BCUT2D eigenvalue weighted by atomic mass is 9.83. The summed E-state index contributed by atoms with van der Waals surface area (Å²) in [6.07, 6.45) is 7.31. The predicted molar refractivity (Wildman–Crippen MR) is 348 cm³/mol. The van der Waals surface area contributed by atoms with Gasteiger partial charge in [-0.2, -0.15) is 0 Å². The number of hydrogen-bond acceptors (Lipinski definition) is 4. The molecule has 0 saturated carbocycles. The quantitative estimate of drug-likeness (QED) is 0.115. The first-order chi connectivity index (χ1) is 41.6. The summed E-state index contributed by atoms with van der Waals surface area (Å²) >= 11 is 0. The van der Waals surface area contributed by atoms with E-state index < -0.39 is 0 Å². The lowest BCUT2D eigenvalue weighted by molar-refractivity contribution is 1.18. The summed E-state index contributed by atoms with van der Waals surface area (Å²) in [5, 5.41) is 0. The fourth-order valence-electron chi connectivity index (χ4n) is 11.7. The molecule has 3 heterocycles. The van der Waals surface area contributed by atoms with Crippen molar-refractivity contribution >= 4 is 0 Å². The second kappa shape index (κ2) is 23.1. The van der Waals surface area contributed by atoms with E-state index in [0.29, 0.717) is 5.82 Å². The Morgan fingerprint density at radius 1 is 0.143 bits per heavy atom. The molecule has 4 heteroatoms. The first-order valence-corrected chi connectivity index (χ1v) is 28.4. The Kier molecular flexibility index (Phi) is 14.0. The molecule has 0 aliphatic rings. The first kappa shape index (κ1) is 51.0. The number of aromatic nitrogens is 4. The van der Waals surface area contributed by atoms with E-state index in [1.165, 1.54) is 11.1 Å². The van der Waals surface area contributed by atoms with E-state index in [1.807, 2.05) is 30.6 Å². The SMILES string of the molecule is c1ccc(-c2cccc(-c3cc(-c4ccccn4)ccc3-c3ccccc3-c3cc(-c4ccccc4-c4ccc(-c5ncccn5)cc4)cc(-c4ccccc4-c4ccc(-c5ccccn5)cc4-c4cccc(-c5ccccc5)c4)c3)c2)cc1. The highest BCUT2D eigenvalue weighted by Gasteiger charge is 2.21. The normalized spacial score (nSPS) is 11.1. The van der Waals surface area contributed by atoms with Crippen LogP contribution in [0.4, 0.5) is 0 Å². The molecule has 0 spiro atoms. The molecule has 4 nitrogen and oxygen atoms in total. The molecule has 14 aromatic rings. The Labute approximate surface area is 490 Å². The maximum atomic E-state index is 4.82. The van der Waals surface area contributed by atoms with Gasteiger partial charge in [-0.05, 0) is 184 Å². The Bertz CT molecular complexity index is 4390. The minimum absolute atomic E-state index is 0.698. The van der Waals surface area contributed by atoms with E-state index in [1.54, 1.807) is 12.4 Å². The zero-order chi connectivity index (χ0) is 56.0. The fraction of sp³-hybridized carbons (Fsp3) is 0. The van der Waals surface area contributed by atoms with Crippen molar-refractivity contribution in [2.75, 3.05) is 0 Å². The van der Waals surface area contributed by atoms with Gasteiger partial charge in [0.15, 0.2) is 5.82 Å². The third kappa shape index (κ3) is 10.4. The molecule has 0 bridgehead atoms. The monoisotopic (exact) mass is 1070 g/mol. The van der Waals surface area contributed by atoms with Crippen LogP contribution in [0.2, 0.25) is 0 Å². The zero-order valence-electron chi connectivity index (χ0n) is 46.0. The Balaban J connectivity index is 0.979. The summed E-state index contributed by atoms with van der Waals surface area (Å²) in [7, 11) is 0. The number of rotatable bonds is 13. The van der Waals surface area contributed by atoms with E-state index in [-0.39, 0.29) is 0 Å². The lowest BCUT2D eigenvalue weighted by Gasteiger charge is -2.20. The van der Waals surface area contributed by atoms with Crippen molar-refractivity contribution in [2.24, 2.45) is 0 Å². The highest BCUT2D eigenvalue weighted by atomic mass is 14.8. The minimum atomic E-state index is 0.698. The maximum Gasteiger partial charge on any atom is 0.159 e. The molecule has 0 aliphatic carbocycles. The van der Waals surface area contributed by atoms with E-state index in [0.717, 1.165) is 128 Å². The number of pyridine rings is 2. The van der Waals surface area contributed by atoms with Crippen LogP contribution in [-0.4, -0.2) is 19.9 Å². The molecule has 11 aromatic carbocycles. The van der Waals surface area contributed by atoms with Crippen LogP contribution in [0.3, 0.4) is 0 Å². The first-order valence-electron chi connectivity index (χ1n) is 28.4. The smallest absolute Gasteiger partial charge is 0.159 e.